The third-order valence-electron chi connectivity index (χ3n) is 0.935. The molecule has 7 N–H and O–H groups in total. The lowest BCUT2D eigenvalue weighted by Gasteiger charge is -2.02. The molecule has 0 aliphatic carbocycles. The molecule has 0 heterocycles. The second-order valence-corrected chi connectivity index (χ2v) is 4.37. The highest BCUT2D eigenvalue weighted by Gasteiger charge is 2.11. The summed E-state index contributed by atoms with van der Waals surface area (Å²) in [6.07, 6.45) is -0.936. The number of hydrogen-bond donors (Lipinski definition) is 6. The van der Waals surface area contributed by atoms with Crippen molar-refractivity contribution in [3.63, 3.8) is 0 Å². The van der Waals surface area contributed by atoms with Crippen molar-refractivity contribution in [2.45, 2.75) is 13.0 Å². The lowest BCUT2D eigenvalue weighted by molar-refractivity contribution is -0.135. The zero-order valence-electron chi connectivity index (χ0n) is 8.33. The van der Waals surface area contributed by atoms with Gasteiger partial charge in [-0.25, -0.2) is 0 Å². The first-order valence-corrected chi connectivity index (χ1v) is 5.84. The number of rotatable bonds is 5. The zero-order valence-corrected chi connectivity index (χ0v) is 9.22. The third kappa shape index (κ3) is 24.7. The summed E-state index contributed by atoms with van der Waals surface area (Å²) in [5, 5.41) is 18.3. The van der Waals surface area contributed by atoms with E-state index >= 15 is 0 Å². The van der Waals surface area contributed by atoms with Gasteiger partial charge in [0.25, 0.3) is 0 Å². The van der Waals surface area contributed by atoms with E-state index in [0.717, 1.165) is 0 Å². The molecule has 1 atom stereocenters. The highest BCUT2D eigenvalue weighted by molar-refractivity contribution is 7.51. The number of carbonyl (C=O) groups is 1. The molecule has 0 spiro atoms. The van der Waals surface area contributed by atoms with E-state index in [-0.39, 0.29) is 6.10 Å². The van der Waals surface area contributed by atoms with E-state index in [1.807, 2.05) is 0 Å². The van der Waals surface area contributed by atoms with Gasteiger partial charge in [-0.2, -0.15) is 0 Å². The minimum atomic E-state index is -4.10. The van der Waals surface area contributed by atoms with Crippen LogP contribution in [0.1, 0.15) is 6.92 Å². The zero-order chi connectivity index (χ0) is 12.5. The van der Waals surface area contributed by atoms with Gasteiger partial charge >= 0.3 is 13.6 Å². The number of aliphatic hydroxyl groups is 1. The van der Waals surface area contributed by atoms with Gasteiger partial charge in [-0.3, -0.25) is 14.7 Å². The number of carboxylic acid groups (broad SMARTS) is 1. The van der Waals surface area contributed by atoms with Gasteiger partial charge in [0.2, 0.25) is 0 Å². The topological polar surface area (TPSA) is 153 Å². The van der Waals surface area contributed by atoms with Crippen LogP contribution < -0.4 is 11.1 Å². The van der Waals surface area contributed by atoms with E-state index in [1.54, 1.807) is 6.92 Å². The van der Waals surface area contributed by atoms with Gasteiger partial charge < -0.3 is 25.7 Å². The first-order chi connectivity index (χ1) is 6.69. The third-order valence-corrected chi connectivity index (χ3v) is 1.57. The quantitative estimate of drug-likeness (QED) is 0.307. The molecule has 0 fully saturated rings. The Morgan fingerprint density at radius 1 is 1.53 bits per heavy atom. The summed E-state index contributed by atoms with van der Waals surface area (Å²) in [5.74, 6) is -1.14. The van der Waals surface area contributed by atoms with Crippen molar-refractivity contribution in [3.8, 4) is 0 Å². The Morgan fingerprint density at radius 2 is 1.93 bits per heavy atom. The van der Waals surface area contributed by atoms with Crippen LogP contribution in [-0.2, 0) is 9.36 Å². The molecule has 0 radical (unpaired) electrons. The first-order valence-electron chi connectivity index (χ1n) is 4.04. The van der Waals surface area contributed by atoms with Crippen LogP contribution >= 0.6 is 7.60 Å². The molecule has 0 saturated heterocycles. The Kier molecular flexibility index (Phi) is 9.90. The molecule has 92 valence electrons. The normalized spacial score (nSPS) is 12.6. The Labute approximate surface area is 87.3 Å². The minimum absolute atomic E-state index is 0.338. The maximum Gasteiger partial charge on any atom is 0.339 e. The van der Waals surface area contributed by atoms with Gasteiger partial charge in [0.1, 0.15) is 0 Å². The fourth-order valence-electron chi connectivity index (χ4n) is 0.308. The average Bonchev–Trinajstić information content (AvgIpc) is 2.02. The minimum Gasteiger partial charge on any atom is -0.480 e. The summed E-state index contributed by atoms with van der Waals surface area (Å²) in [6, 6.07) is 0. The van der Waals surface area contributed by atoms with Gasteiger partial charge in [0.05, 0.1) is 18.9 Å². The molecule has 8 nitrogen and oxygen atoms in total. The molecule has 0 aliphatic heterocycles. The van der Waals surface area contributed by atoms with Crippen molar-refractivity contribution in [2.75, 3.05) is 19.4 Å². The lowest BCUT2D eigenvalue weighted by atomic mass is 10.4. The second kappa shape index (κ2) is 8.78. The van der Waals surface area contributed by atoms with E-state index in [2.05, 4.69) is 5.32 Å². The summed E-state index contributed by atoms with van der Waals surface area (Å²) >= 11 is 0. The molecule has 0 bridgehead atoms. The molecule has 0 saturated carbocycles. The number of hydrogen-bond acceptors (Lipinski definition) is 5. The largest absolute Gasteiger partial charge is 0.480 e. The second-order valence-electron chi connectivity index (χ2n) is 2.73. The van der Waals surface area contributed by atoms with Crippen molar-refractivity contribution < 1.29 is 29.4 Å². The van der Waals surface area contributed by atoms with Crippen molar-refractivity contribution in [1.29, 1.82) is 0 Å². The average molecular weight is 244 g/mol. The Hall–Kier alpha value is -0.500. The summed E-state index contributed by atoms with van der Waals surface area (Å²) in [6.45, 7) is 1.57. The van der Waals surface area contributed by atoms with E-state index in [4.69, 9.17) is 25.7 Å². The standard InChI is InChI=1S/C3H8NO5P.C3H9NO/c5-3(6)1-4-2-10(7,8)9;1-3(5)2-4/h4H,1-2H2,(H,5,6)(H2,7,8,9);3,5H,2,4H2,1H3. The van der Waals surface area contributed by atoms with E-state index in [1.165, 1.54) is 0 Å². The van der Waals surface area contributed by atoms with Crippen molar-refractivity contribution in [2.24, 2.45) is 5.73 Å². The summed E-state index contributed by atoms with van der Waals surface area (Å²) in [4.78, 5) is 26.1. The first kappa shape index (κ1) is 16.9. The van der Waals surface area contributed by atoms with Gasteiger partial charge in [-0.15, -0.1) is 0 Å². The number of aliphatic carboxylic acids is 1. The molecule has 0 rings (SSSR count). The summed E-state index contributed by atoms with van der Waals surface area (Å²) in [7, 11) is -4.10. The highest BCUT2D eigenvalue weighted by atomic mass is 31.2. The van der Waals surface area contributed by atoms with Crippen LogP contribution in [0.5, 0.6) is 0 Å². The maximum atomic E-state index is 10.1. The molecule has 0 aromatic carbocycles. The number of nitrogens with two attached hydrogens (primary N) is 1. The molecule has 0 aromatic rings. The van der Waals surface area contributed by atoms with Gasteiger partial charge in [0, 0.05) is 6.54 Å². The van der Waals surface area contributed by atoms with Crippen LogP contribution in [-0.4, -0.2) is 51.4 Å². The van der Waals surface area contributed by atoms with Gasteiger partial charge in [-0.1, -0.05) is 0 Å². The van der Waals surface area contributed by atoms with Crippen molar-refractivity contribution >= 4 is 13.6 Å². The van der Waals surface area contributed by atoms with Crippen LogP contribution in [0.4, 0.5) is 0 Å². The summed E-state index contributed by atoms with van der Waals surface area (Å²) < 4.78 is 10.1. The molecule has 0 amide bonds. The summed E-state index contributed by atoms with van der Waals surface area (Å²) in [5.41, 5.74) is 4.92. The monoisotopic (exact) mass is 244 g/mol. The van der Waals surface area contributed by atoms with Gasteiger partial charge in [-0.05, 0) is 6.92 Å². The fraction of sp³-hybridized carbons (Fsp3) is 0.833. The SMILES string of the molecule is CC(O)CN.O=C(O)CNCP(=O)(O)O. The van der Waals surface area contributed by atoms with Crippen molar-refractivity contribution in [1.82, 2.24) is 5.32 Å². The number of nitrogens with one attached hydrogen (secondary N) is 1. The Morgan fingerprint density at radius 3 is 2.13 bits per heavy atom. The molecule has 0 aromatic heterocycles. The van der Waals surface area contributed by atoms with Crippen LogP contribution in [0.3, 0.4) is 0 Å². The van der Waals surface area contributed by atoms with Crippen LogP contribution in [0.25, 0.3) is 0 Å². The molecule has 0 aliphatic rings. The van der Waals surface area contributed by atoms with E-state index in [0.29, 0.717) is 6.54 Å². The lowest BCUT2D eigenvalue weighted by Crippen LogP contribution is -2.23. The van der Waals surface area contributed by atoms with Crippen LogP contribution in [0.15, 0.2) is 0 Å². The Balaban J connectivity index is 0. The van der Waals surface area contributed by atoms with Crippen LogP contribution in [0, 0.1) is 0 Å². The predicted molar refractivity (Wildman–Crippen MR) is 53.3 cm³/mol. The Bertz CT molecular complexity index is 216. The fourth-order valence-corrected chi connectivity index (χ4v) is 0.712. The molecular formula is C6H17N2O6P. The van der Waals surface area contributed by atoms with Crippen LogP contribution in [0.2, 0.25) is 0 Å². The predicted octanol–water partition coefficient (Wildman–Crippen LogP) is -1.88. The number of aliphatic hydroxyl groups excluding tert-OH is 1. The van der Waals surface area contributed by atoms with E-state index in [9.17, 15) is 9.36 Å². The molecule has 15 heavy (non-hydrogen) atoms. The maximum absolute atomic E-state index is 10.1. The van der Waals surface area contributed by atoms with E-state index < -0.39 is 26.4 Å². The smallest absolute Gasteiger partial charge is 0.339 e. The highest BCUT2D eigenvalue weighted by Crippen LogP contribution is 2.31. The van der Waals surface area contributed by atoms with Gasteiger partial charge in [0.15, 0.2) is 0 Å². The molecular weight excluding hydrogens is 227 g/mol. The van der Waals surface area contributed by atoms with Crippen molar-refractivity contribution in [3.05, 3.63) is 0 Å². The molecule has 1 unspecified atom stereocenters. The number of carboxylic acids is 1. The molecule has 9 heteroatoms.